The Kier molecular flexibility index (Phi) is 5.93. The molecule has 6 heteroatoms. The van der Waals surface area contributed by atoms with Gasteiger partial charge in [0.2, 0.25) is 5.91 Å². The number of hydrogen-bond acceptors (Lipinski definition) is 3. The van der Waals surface area contributed by atoms with E-state index in [2.05, 4.69) is 0 Å². The number of halogens is 1. The molecule has 1 heterocycles. The Hall–Kier alpha value is -3.41. The zero-order valence-electron chi connectivity index (χ0n) is 16.5. The maximum Gasteiger partial charge on any atom is 0.254 e. The van der Waals surface area contributed by atoms with Gasteiger partial charge in [-0.25, -0.2) is 4.39 Å². The highest BCUT2D eigenvalue weighted by atomic mass is 19.1. The Balaban J connectivity index is 1.52. The van der Waals surface area contributed by atoms with E-state index in [1.807, 2.05) is 18.2 Å². The monoisotopic (exact) mass is 406 g/mol. The van der Waals surface area contributed by atoms with Crippen LogP contribution in [0.4, 0.5) is 4.39 Å². The minimum Gasteiger partial charge on any atom is -0.467 e. The quantitative estimate of drug-likeness (QED) is 0.562. The average molecular weight is 406 g/mol. The third-order valence-electron chi connectivity index (χ3n) is 5.14. The fourth-order valence-electron chi connectivity index (χ4n) is 3.38. The zero-order chi connectivity index (χ0) is 20.9. The van der Waals surface area contributed by atoms with Crippen LogP contribution in [0.25, 0.3) is 0 Å². The Bertz CT molecular complexity index is 983. The molecule has 1 fully saturated rings. The van der Waals surface area contributed by atoms with Crippen molar-refractivity contribution >= 4 is 11.8 Å². The lowest BCUT2D eigenvalue weighted by Gasteiger charge is -2.27. The van der Waals surface area contributed by atoms with Gasteiger partial charge in [-0.2, -0.15) is 0 Å². The van der Waals surface area contributed by atoms with Crippen LogP contribution in [0.3, 0.4) is 0 Å². The number of carbonyl (C=O) groups excluding carboxylic acids is 2. The van der Waals surface area contributed by atoms with Crippen molar-refractivity contribution in [2.24, 2.45) is 0 Å². The van der Waals surface area contributed by atoms with E-state index in [1.54, 1.807) is 52.5 Å². The smallest absolute Gasteiger partial charge is 0.254 e. The van der Waals surface area contributed by atoms with Gasteiger partial charge in [-0.15, -0.1) is 0 Å². The second-order valence-electron chi connectivity index (χ2n) is 7.49. The third-order valence-corrected chi connectivity index (χ3v) is 5.14. The van der Waals surface area contributed by atoms with Crippen molar-refractivity contribution in [3.05, 3.63) is 95.7 Å². The first-order valence-electron chi connectivity index (χ1n) is 10.0. The van der Waals surface area contributed by atoms with E-state index < -0.39 is 0 Å². The molecule has 0 saturated heterocycles. The number of nitrogens with zero attached hydrogens (tertiary/aromatic N) is 2. The van der Waals surface area contributed by atoms with E-state index in [0.717, 1.165) is 18.4 Å². The van der Waals surface area contributed by atoms with Gasteiger partial charge in [-0.3, -0.25) is 9.59 Å². The summed E-state index contributed by atoms with van der Waals surface area (Å²) in [6.45, 7) is 0.583. The zero-order valence-corrected chi connectivity index (χ0v) is 16.5. The molecule has 30 heavy (non-hydrogen) atoms. The number of benzene rings is 2. The second kappa shape index (κ2) is 8.95. The summed E-state index contributed by atoms with van der Waals surface area (Å²) < 4.78 is 18.7. The van der Waals surface area contributed by atoms with Crippen molar-refractivity contribution in [3.8, 4) is 0 Å². The van der Waals surface area contributed by atoms with E-state index in [1.165, 1.54) is 12.1 Å². The van der Waals surface area contributed by atoms with Crippen molar-refractivity contribution in [2.45, 2.75) is 32.0 Å². The van der Waals surface area contributed by atoms with Crippen molar-refractivity contribution in [1.29, 1.82) is 0 Å². The predicted molar refractivity (Wildman–Crippen MR) is 110 cm³/mol. The van der Waals surface area contributed by atoms with Crippen LogP contribution in [-0.2, 0) is 17.9 Å². The van der Waals surface area contributed by atoms with Crippen LogP contribution in [0.5, 0.6) is 0 Å². The fourth-order valence-corrected chi connectivity index (χ4v) is 3.38. The molecule has 5 nitrogen and oxygen atoms in total. The summed E-state index contributed by atoms with van der Waals surface area (Å²) in [7, 11) is 0. The normalized spacial score (nSPS) is 13.1. The maximum absolute atomic E-state index is 13.3. The largest absolute Gasteiger partial charge is 0.467 e. The summed E-state index contributed by atoms with van der Waals surface area (Å²) in [4.78, 5) is 29.5. The number of furan rings is 1. The minimum atomic E-state index is -0.323. The minimum absolute atomic E-state index is 0.000295. The lowest BCUT2D eigenvalue weighted by atomic mass is 10.2. The first kappa shape index (κ1) is 19.9. The lowest BCUT2D eigenvalue weighted by Crippen LogP contribution is -2.43. The van der Waals surface area contributed by atoms with Crippen LogP contribution in [0.2, 0.25) is 0 Å². The third kappa shape index (κ3) is 4.95. The highest BCUT2D eigenvalue weighted by Gasteiger charge is 2.35. The van der Waals surface area contributed by atoms with Gasteiger partial charge in [0.1, 0.15) is 18.1 Å². The molecule has 0 N–H and O–H groups in total. The Morgan fingerprint density at radius 1 is 0.933 bits per heavy atom. The number of rotatable bonds is 8. The molecular weight excluding hydrogens is 383 g/mol. The summed E-state index contributed by atoms with van der Waals surface area (Å²) >= 11 is 0. The van der Waals surface area contributed by atoms with Crippen LogP contribution < -0.4 is 0 Å². The Morgan fingerprint density at radius 2 is 1.67 bits per heavy atom. The molecule has 1 aliphatic rings. The number of hydrogen-bond donors (Lipinski definition) is 0. The van der Waals surface area contributed by atoms with Crippen LogP contribution in [0, 0.1) is 5.82 Å². The molecule has 3 aromatic rings. The predicted octanol–water partition coefficient (Wildman–Crippen LogP) is 4.25. The molecule has 4 rings (SSSR count). The van der Waals surface area contributed by atoms with Crippen LogP contribution >= 0.6 is 0 Å². The van der Waals surface area contributed by atoms with Crippen LogP contribution in [0.1, 0.15) is 34.5 Å². The van der Waals surface area contributed by atoms with E-state index in [4.69, 9.17) is 4.42 Å². The molecule has 2 aromatic carbocycles. The summed E-state index contributed by atoms with van der Waals surface area (Å²) in [5.74, 6) is 0.0203. The maximum atomic E-state index is 13.3. The summed E-state index contributed by atoms with van der Waals surface area (Å²) in [5, 5.41) is 0. The molecule has 0 aliphatic heterocycles. The average Bonchev–Trinajstić information content (AvgIpc) is 3.48. The van der Waals surface area contributed by atoms with E-state index >= 15 is 0 Å². The lowest BCUT2D eigenvalue weighted by molar-refractivity contribution is -0.133. The van der Waals surface area contributed by atoms with E-state index in [-0.39, 0.29) is 36.8 Å². The first-order valence-corrected chi connectivity index (χ1v) is 10.0. The molecule has 1 aliphatic carbocycles. The van der Waals surface area contributed by atoms with Crippen molar-refractivity contribution < 1.29 is 18.4 Å². The van der Waals surface area contributed by atoms with Crippen molar-refractivity contribution in [2.75, 3.05) is 6.54 Å². The van der Waals surface area contributed by atoms with Crippen LogP contribution in [-0.4, -0.2) is 34.2 Å². The second-order valence-corrected chi connectivity index (χ2v) is 7.49. The van der Waals surface area contributed by atoms with Crippen molar-refractivity contribution in [3.63, 3.8) is 0 Å². The molecule has 1 saturated carbocycles. The number of carbonyl (C=O) groups is 2. The molecule has 0 unspecified atom stereocenters. The van der Waals surface area contributed by atoms with Gasteiger partial charge >= 0.3 is 0 Å². The van der Waals surface area contributed by atoms with Gasteiger partial charge in [0.15, 0.2) is 0 Å². The van der Waals surface area contributed by atoms with Crippen LogP contribution in [0.15, 0.2) is 77.4 Å². The van der Waals surface area contributed by atoms with Gasteiger partial charge in [-0.1, -0.05) is 30.3 Å². The summed E-state index contributed by atoms with van der Waals surface area (Å²) in [6.07, 6.45) is 3.37. The summed E-state index contributed by atoms with van der Waals surface area (Å²) in [5.41, 5.74) is 1.39. The topological polar surface area (TPSA) is 53.8 Å². The summed E-state index contributed by atoms with van der Waals surface area (Å²) in [6, 6.07) is 18.8. The highest BCUT2D eigenvalue weighted by molar-refractivity contribution is 5.96. The standard InChI is InChI=1S/C24H23FN2O3/c25-20-10-8-18(9-11-20)15-26(16-22-7-4-14-30-22)23(28)17-27(21-12-13-21)24(29)19-5-2-1-3-6-19/h1-11,14,21H,12-13,15-17H2. The molecule has 0 atom stereocenters. The molecule has 1 aromatic heterocycles. The van der Waals surface area contributed by atoms with Gasteiger partial charge in [0.05, 0.1) is 12.8 Å². The van der Waals surface area contributed by atoms with E-state index in [9.17, 15) is 14.0 Å². The Morgan fingerprint density at radius 3 is 2.30 bits per heavy atom. The molecule has 2 amide bonds. The van der Waals surface area contributed by atoms with Gasteiger partial charge in [0, 0.05) is 18.2 Å². The Labute approximate surface area is 174 Å². The highest BCUT2D eigenvalue weighted by Crippen LogP contribution is 2.28. The van der Waals surface area contributed by atoms with Gasteiger partial charge in [0.25, 0.3) is 5.91 Å². The van der Waals surface area contributed by atoms with Gasteiger partial charge < -0.3 is 14.2 Å². The molecule has 154 valence electrons. The number of amides is 2. The SMILES string of the molecule is O=C(CN(C(=O)c1ccccc1)C1CC1)N(Cc1ccc(F)cc1)Cc1ccco1. The molecule has 0 radical (unpaired) electrons. The fraction of sp³-hybridized carbons (Fsp3) is 0.250. The molecular formula is C24H23FN2O3. The first-order chi connectivity index (χ1) is 14.6. The molecule has 0 spiro atoms. The van der Waals surface area contributed by atoms with Gasteiger partial charge in [-0.05, 0) is 54.8 Å². The van der Waals surface area contributed by atoms with E-state index in [0.29, 0.717) is 17.9 Å². The van der Waals surface area contributed by atoms with Crippen molar-refractivity contribution in [1.82, 2.24) is 9.80 Å². The molecule has 0 bridgehead atoms.